The predicted molar refractivity (Wildman–Crippen MR) is 69.3 cm³/mol. The lowest BCUT2D eigenvalue weighted by atomic mass is 10.0. The van der Waals surface area contributed by atoms with Crippen molar-refractivity contribution < 1.29 is 0 Å². The minimum atomic E-state index is -0.157. The van der Waals surface area contributed by atoms with Crippen LogP contribution < -0.4 is 10.9 Å². The Kier molecular flexibility index (Phi) is 3.64. The Hall–Kier alpha value is -1.13. The van der Waals surface area contributed by atoms with Crippen LogP contribution in [0.25, 0.3) is 0 Å². The molecule has 0 saturated carbocycles. The summed E-state index contributed by atoms with van der Waals surface area (Å²) in [6, 6.07) is 5.33. The molecule has 1 fully saturated rings. The van der Waals surface area contributed by atoms with Gasteiger partial charge in [0.25, 0.3) is 5.56 Å². The van der Waals surface area contributed by atoms with Crippen molar-refractivity contribution in [2.75, 3.05) is 32.7 Å². The van der Waals surface area contributed by atoms with Crippen molar-refractivity contribution in [1.82, 2.24) is 14.8 Å². The smallest absolute Gasteiger partial charge is 0.251 e. The summed E-state index contributed by atoms with van der Waals surface area (Å²) in [5.41, 5.74) is -0.0805. The molecule has 2 heterocycles. The molecule has 0 amide bonds. The highest BCUT2D eigenvalue weighted by Gasteiger charge is 2.24. The van der Waals surface area contributed by atoms with Gasteiger partial charge in [0, 0.05) is 45.0 Å². The van der Waals surface area contributed by atoms with Crippen LogP contribution in [0.5, 0.6) is 0 Å². The predicted octanol–water partition coefficient (Wildman–Crippen LogP) is 0.489. The molecule has 1 saturated heterocycles. The van der Waals surface area contributed by atoms with Crippen molar-refractivity contribution in [1.29, 1.82) is 0 Å². The molecule has 1 aliphatic heterocycles. The number of nitrogens with one attached hydrogen (secondary N) is 1. The fourth-order valence-corrected chi connectivity index (χ4v) is 2.42. The molecule has 0 atom stereocenters. The van der Waals surface area contributed by atoms with E-state index in [-0.39, 0.29) is 11.1 Å². The Morgan fingerprint density at radius 1 is 1.29 bits per heavy atom. The summed E-state index contributed by atoms with van der Waals surface area (Å²) in [7, 11) is 0. The highest BCUT2D eigenvalue weighted by atomic mass is 16.1. The van der Waals surface area contributed by atoms with Gasteiger partial charge >= 0.3 is 0 Å². The first-order valence-electron chi connectivity index (χ1n) is 6.21. The summed E-state index contributed by atoms with van der Waals surface area (Å²) in [6.45, 7) is 9.36. The minimum Gasteiger partial charge on any atom is -0.314 e. The van der Waals surface area contributed by atoms with Crippen LogP contribution in [0.2, 0.25) is 0 Å². The molecule has 0 unspecified atom stereocenters. The number of pyridine rings is 1. The van der Waals surface area contributed by atoms with Crippen LogP contribution in [0, 0.1) is 0 Å². The van der Waals surface area contributed by atoms with Crippen molar-refractivity contribution in [2.24, 2.45) is 0 Å². The Balaban J connectivity index is 2.12. The summed E-state index contributed by atoms with van der Waals surface area (Å²) in [5.74, 6) is 0. The second kappa shape index (κ2) is 5.02. The zero-order valence-electron chi connectivity index (χ0n) is 10.6. The van der Waals surface area contributed by atoms with E-state index < -0.39 is 0 Å². The van der Waals surface area contributed by atoms with Crippen molar-refractivity contribution in [3.8, 4) is 0 Å². The third-order valence-electron chi connectivity index (χ3n) is 3.29. The maximum atomic E-state index is 11.8. The first-order chi connectivity index (χ1) is 8.09. The number of aromatic nitrogens is 1. The standard InChI is InChI=1S/C13H21N3O/c1-13(2,11-15-9-6-14-7-10-15)16-8-4-3-5-12(16)17/h3-5,8,14H,6-7,9-11H2,1-2H3. The van der Waals surface area contributed by atoms with Crippen LogP contribution >= 0.6 is 0 Å². The van der Waals surface area contributed by atoms with Gasteiger partial charge in [0.05, 0.1) is 5.54 Å². The van der Waals surface area contributed by atoms with E-state index in [0.717, 1.165) is 32.7 Å². The Bertz CT molecular complexity index is 419. The second-order valence-electron chi connectivity index (χ2n) is 5.25. The summed E-state index contributed by atoms with van der Waals surface area (Å²) in [6.07, 6.45) is 1.88. The molecule has 4 nitrogen and oxygen atoms in total. The van der Waals surface area contributed by atoms with E-state index in [1.165, 1.54) is 0 Å². The van der Waals surface area contributed by atoms with Crippen molar-refractivity contribution in [2.45, 2.75) is 19.4 Å². The number of piperazine rings is 1. The summed E-state index contributed by atoms with van der Waals surface area (Å²) in [4.78, 5) is 14.3. The van der Waals surface area contributed by atoms with Gasteiger partial charge in [-0.1, -0.05) is 6.07 Å². The Morgan fingerprint density at radius 3 is 2.65 bits per heavy atom. The average molecular weight is 235 g/mol. The topological polar surface area (TPSA) is 37.3 Å². The van der Waals surface area contributed by atoms with Gasteiger partial charge in [-0.05, 0) is 19.9 Å². The molecule has 94 valence electrons. The molecule has 1 aliphatic rings. The first kappa shape index (κ1) is 12.3. The lowest BCUT2D eigenvalue weighted by Gasteiger charge is -2.36. The normalized spacial score (nSPS) is 18.2. The highest BCUT2D eigenvalue weighted by Crippen LogP contribution is 2.14. The van der Waals surface area contributed by atoms with E-state index in [1.807, 2.05) is 16.8 Å². The monoisotopic (exact) mass is 235 g/mol. The maximum absolute atomic E-state index is 11.8. The quantitative estimate of drug-likeness (QED) is 0.828. The van der Waals surface area contributed by atoms with Gasteiger partial charge < -0.3 is 9.88 Å². The van der Waals surface area contributed by atoms with Crippen LogP contribution in [-0.4, -0.2) is 42.2 Å². The number of nitrogens with zero attached hydrogens (tertiary/aromatic N) is 2. The van der Waals surface area contributed by atoms with Gasteiger partial charge in [-0.2, -0.15) is 0 Å². The molecule has 0 radical (unpaired) electrons. The fraction of sp³-hybridized carbons (Fsp3) is 0.615. The number of rotatable bonds is 3. The van der Waals surface area contributed by atoms with E-state index in [2.05, 4.69) is 24.1 Å². The van der Waals surface area contributed by atoms with E-state index in [9.17, 15) is 4.79 Å². The summed E-state index contributed by atoms with van der Waals surface area (Å²) < 4.78 is 1.83. The van der Waals surface area contributed by atoms with Crippen LogP contribution in [0.3, 0.4) is 0 Å². The summed E-state index contributed by atoms with van der Waals surface area (Å²) in [5, 5.41) is 3.34. The SMILES string of the molecule is CC(C)(CN1CCNCC1)n1ccccc1=O. The van der Waals surface area contributed by atoms with Gasteiger partial charge in [-0.25, -0.2) is 0 Å². The van der Waals surface area contributed by atoms with Gasteiger partial charge in [0.1, 0.15) is 0 Å². The van der Waals surface area contributed by atoms with Crippen LogP contribution in [-0.2, 0) is 5.54 Å². The average Bonchev–Trinajstić information content (AvgIpc) is 2.30. The van der Waals surface area contributed by atoms with Crippen molar-refractivity contribution in [3.63, 3.8) is 0 Å². The number of hydrogen-bond donors (Lipinski definition) is 1. The maximum Gasteiger partial charge on any atom is 0.251 e. The fourth-order valence-electron chi connectivity index (χ4n) is 2.42. The minimum absolute atomic E-state index is 0.0765. The molecule has 2 rings (SSSR count). The largest absolute Gasteiger partial charge is 0.314 e. The van der Waals surface area contributed by atoms with Gasteiger partial charge in [0.2, 0.25) is 0 Å². The third-order valence-corrected chi connectivity index (χ3v) is 3.29. The molecule has 0 aromatic carbocycles. The molecule has 1 N–H and O–H groups in total. The lowest BCUT2D eigenvalue weighted by molar-refractivity contribution is 0.161. The molecular formula is C13H21N3O. The Morgan fingerprint density at radius 2 is 2.00 bits per heavy atom. The van der Waals surface area contributed by atoms with Crippen molar-refractivity contribution in [3.05, 3.63) is 34.7 Å². The number of hydrogen-bond acceptors (Lipinski definition) is 3. The van der Waals surface area contributed by atoms with E-state index >= 15 is 0 Å². The summed E-state index contributed by atoms with van der Waals surface area (Å²) >= 11 is 0. The first-order valence-corrected chi connectivity index (χ1v) is 6.21. The zero-order chi connectivity index (χ0) is 12.3. The third kappa shape index (κ3) is 2.96. The molecular weight excluding hydrogens is 214 g/mol. The van der Waals surface area contributed by atoms with Crippen LogP contribution in [0.15, 0.2) is 29.2 Å². The molecule has 17 heavy (non-hydrogen) atoms. The molecule has 1 aromatic heterocycles. The molecule has 0 aliphatic carbocycles. The van der Waals surface area contributed by atoms with Crippen LogP contribution in [0.1, 0.15) is 13.8 Å². The van der Waals surface area contributed by atoms with Crippen molar-refractivity contribution >= 4 is 0 Å². The van der Waals surface area contributed by atoms with Gasteiger partial charge in [-0.15, -0.1) is 0 Å². The molecule has 1 aromatic rings. The van der Waals surface area contributed by atoms with Crippen LogP contribution in [0.4, 0.5) is 0 Å². The lowest BCUT2D eigenvalue weighted by Crippen LogP contribution is -2.51. The molecule has 4 heteroatoms. The van der Waals surface area contributed by atoms with E-state index in [4.69, 9.17) is 0 Å². The van der Waals surface area contributed by atoms with Gasteiger partial charge in [-0.3, -0.25) is 9.69 Å². The highest BCUT2D eigenvalue weighted by molar-refractivity contribution is 4.98. The molecule has 0 bridgehead atoms. The zero-order valence-corrected chi connectivity index (χ0v) is 10.6. The Labute approximate surface area is 102 Å². The second-order valence-corrected chi connectivity index (χ2v) is 5.25. The van der Waals surface area contributed by atoms with E-state index in [1.54, 1.807) is 12.1 Å². The molecule has 0 spiro atoms. The van der Waals surface area contributed by atoms with E-state index in [0.29, 0.717) is 0 Å². The van der Waals surface area contributed by atoms with Gasteiger partial charge in [0.15, 0.2) is 0 Å².